The van der Waals surface area contributed by atoms with Gasteiger partial charge in [-0.2, -0.15) is 0 Å². The zero-order chi connectivity index (χ0) is 15.8. The zero-order valence-corrected chi connectivity index (χ0v) is 15.2. The molecule has 0 spiro atoms. The van der Waals surface area contributed by atoms with Crippen molar-refractivity contribution in [1.82, 2.24) is 16.0 Å². The first-order valence-electron chi connectivity index (χ1n) is 7.91. The molecule has 0 amide bonds. The summed E-state index contributed by atoms with van der Waals surface area (Å²) in [5, 5.41) is 8.25. The van der Waals surface area contributed by atoms with E-state index in [1.54, 1.807) is 0 Å². The molecule has 0 fully saturated rings. The van der Waals surface area contributed by atoms with Gasteiger partial charge in [0.15, 0.2) is 0 Å². The van der Waals surface area contributed by atoms with Crippen molar-refractivity contribution in [3.8, 4) is 0 Å². The lowest BCUT2D eigenvalue weighted by Crippen LogP contribution is -1.89. The van der Waals surface area contributed by atoms with Gasteiger partial charge in [0.25, 0.3) is 0 Å². The van der Waals surface area contributed by atoms with Gasteiger partial charge in [0.05, 0.1) is 0 Å². The molecule has 19 heavy (non-hydrogen) atoms. The highest BCUT2D eigenvalue weighted by Gasteiger charge is 1.87. The Morgan fingerprint density at radius 1 is 0.421 bits per heavy atom. The summed E-state index contributed by atoms with van der Waals surface area (Å²) in [5.41, 5.74) is 0. The van der Waals surface area contributed by atoms with Crippen molar-refractivity contribution >= 4 is 0 Å². The topological polar surface area (TPSA) is 36.1 Å². The minimum Gasteiger partial charge on any atom is -0.323 e. The molecule has 3 nitrogen and oxygen atoms in total. The third kappa shape index (κ3) is 95.3. The van der Waals surface area contributed by atoms with Crippen LogP contribution in [0.1, 0.15) is 65.2 Å². The summed E-state index contributed by atoms with van der Waals surface area (Å²) >= 11 is 0. The van der Waals surface area contributed by atoms with Crippen molar-refractivity contribution in [2.75, 3.05) is 42.3 Å². The Bertz CT molecular complexity index is 75.3. The van der Waals surface area contributed by atoms with Crippen molar-refractivity contribution in [2.24, 2.45) is 0 Å². The van der Waals surface area contributed by atoms with E-state index in [0.717, 1.165) is 0 Å². The van der Waals surface area contributed by atoms with E-state index in [2.05, 4.69) is 29.8 Å². The van der Waals surface area contributed by atoms with E-state index in [0.29, 0.717) is 0 Å². The second kappa shape index (κ2) is 43.0. The highest BCUT2D eigenvalue weighted by atomic mass is 14.7. The number of hydrogen-bond donors (Lipinski definition) is 3. The summed E-state index contributed by atoms with van der Waals surface area (Å²) in [6.45, 7) is 4.54. The van der Waals surface area contributed by atoms with Gasteiger partial charge in [-0.3, -0.25) is 0 Å². The minimum atomic E-state index is 1.37. The number of unbranched alkanes of at least 4 members (excludes halogenated alkanes) is 7. The number of hydrogen-bond acceptors (Lipinski definition) is 3. The van der Waals surface area contributed by atoms with Gasteiger partial charge in [-0.1, -0.05) is 65.2 Å². The molecule has 0 unspecified atom stereocenters. The van der Waals surface area contributed by atoms with Gasteiger partial charge in [-0.05, 0) is 42.3 Å². The molecule has 122 valence electrons. The maximum absolute atomic E-state index is 2.75. The molecule has 0 aromatic heterocycles. The molecule has 3 heteroatoms. The van der Waals surface area contributed by atoms with Gasteiger partial charge < -0.3 is 16.0 Å². The SMILES string of the molecule is CCCCCCCCCC.CNC.CNC.CNC. The molecule has 0 rings (SSSR count). The van der Waals surface area contributed by atoms with Crippen LogP contribution in [0.4, 0.5) is 0 Å². The number of nitrogens with one attached hydrogen (secondary N) is 3. The molecule has 0 aliphatic heterocycles. The lowest BCUT2D eigenvalue weighted by atomic mass is 10.1. The van der Waals surface area contributed by atoms with Crippen LogP contribution in [0.15, 0.2) is 0 Å². The molecule has 3 N–H and O–H groups in total. The van der Waals surface area contributed by atoms with E-state index in [-0.39, 0.29) is 0 Å². The molecule has 0 aliphatic rings. The van der Waals surface area contributed by atoms with Crippen LogP contribution in [0.3, 0.4) is 0 Å². The molecule has 0 radical (unpaired) electrons. The van der Waals surface area contributed by atoms with Crippen LogP contribution in [0.25, 0.3) is 0 Å². The molecule has 0 saturated carbocycles. The van der Waals surface area contributed by atoms with Crippen molar-refractivity contribution in [1.29, 1.82) is 0 Å². The molecule has 0 bridgehead atoms. The van der Waals surface area contributed by atoms with Crippen LogP contribution >= 0.6 is 0 Å². The largest absolute Gasteiger partial charge is 0.323 e. The maximum Gasteiger partial charge on any atom is -0.0167 e. The van der Waals surface area contributed by atoms with Crippen molar-refractivity contribution in [2.45, 2.75) is 65.2 Å². The quantitative estimate of drug-likeness (QED) is 0.622. The summed E-state index contributed by atoms with van der Waals surface area (Å²) in [4.78, 5) is 0. The summed E-state index contributed by atoms with van der Waals surface area (Å²) in [5.74, 6) is 0. The van der Waals surface area contributed by atoms with Crippen molar-refractivity contribution < 1.29 is 0 Å². The Balaban J connectivity index is -0.000000103. The van der Waals surface area contributed by atoms with Crippen LogP contribution in [-0.2, 0) is 0 Å². The second-order valence-corrected chi connectivity index (χ2v) is 4.62. The van der Waals surface area contributed by atoms with E-state index < -0.39 is 0 Å². The van der Waals surface area contributed by atoms with Gasteiger partial charge in [0, 0.05) is 0 Å². The summed E-state index contributed by atoms with van der Waals surface area (Å²) < 4.78 is 0. The van der Waals surface area contributed by atoms with Crippen LogP contribution < -0.4 is 16.0 Å². The van der Waals surface area contributed by atoms with Gasteiger partial charge in [0.2, 0.25) is 0 Å². The fourth-order valence-corrected chi connectivity index (χ4v) is 1.21. The first-order chi connectivity index (χ1) is 9.16. The minimum absolute atomic E-state index is 1.37. The second-order valence-electron chi connectivity index (χ2n) is 4.62. The average molecular weight is 278 g/mol. The smallest absolute Gasteiger partial charge is 0.0167 e. The third-order valence-corrected chi connectivity index (χ3v) is 1.96. The molecular formula is C16H43N3. The average Bonchev–Trinajstić information content (AvgIpc) is 2.37. The molecule has 0 aromatic rings. The Hall–Kier alpha value is -0.120. The molecular weight excluding hydrogens is 234 g/mol. The van der Waals surface area contributed by atoms with Crippen molar-refractivity contribution in [3.63, 3.8) is 0 Å². The first kappa shape index (κ1) is 27.3. The van der Waals surface area contributed by atoms with Crippen LogP contribution in [0, 0.1) is 0 Å². The summed E-state index contributed by atoms with van der Waals surface area (Å²) in [6.07, 6.45) is 11.5. The molecule has 0 saturated heterocycles. The number of rotatable bonds is 7. The molecule has 0 aromatic carbocycles. The fourth-order valence-electron chi connectivity index (χ4n) is 1.21. The Kier molecular flexibility index (Phi) is 61.7. The van der Waals surface area contributed by atoms with E-state index in [1.165, 1.54) is 51.4 Å². The maximum atomic E-state index is 2.75. The predicted octanol–water partition coefficient (Wildman–Crippen LogP) is 3.65. The van der Waals surface area contributed by atoms with E-state index >= 15 is 0 Å². The normalized spacial score (nSPS) is 8.21. The van der Waals surface area contributed by atoms with Gasteiger partial charge in [-0.15, -0.1) is 0 Å². The van der Waals surface area contributed by atoms with Crippen LogP contribution in [-0.4, -0.2) is 42.3 Å². The highest BCUT2D eigenvalue weighted by Crippen LogP contribution is 2.07. The molecule has 0 heterocycles. The first-order valence-corrected chi connectivity index (χ1v) is 7.91. The lowest BCUT2D eigenvalue weighted by molar-refractivity contribution is 0.585. The van der Waals surface area contributed by atoms with Gasteiger partial charge >= 0.3 is 0 Å². The monoisotopic (exact) mass is 277 g/mol. The molecule has 0 atom stereocenters. The van der Waals surface area contributed by atoms with E-state index in [9.17, 15) is 0 Å². The van der Waals surface area contributed by atoms with E-state index in [4.69, 9.17) is 0 Å². The van der Waals surface area contributed by atoms with E-state index in [1.807, 2.05) is 42.3 Å². The van der Waals surface area contributed by atoms with Crippen molar-refractivity contribution in [3.05, 3.63) is 0 Å². The summed E-state index contributed by atoms with van der Waals surface area (Å²) in [6, 6.07) is 0. The third-order valence-electron chi connectivity index (χ3n) is 1.96. The van der Waals surface area contributed by atoms with Crippen LogP contribution in [0.5, 0.6) is 0 Å². The van der Waals surface area contributed by atoms with Gasteiger partial charge in [-0.25, -0.2) is 0 Å². The Morgan fingerprint density at radius 3 is 0.737 bits per heavy atom. The fraction of sp³-hybridized carbons (Fsp3) is 1.00. The Morgan fingerprint density at radius 2 is 0.579 bits per heavy atom. The highest BCUT2D eigenvalue weighted by molar-refractivity contribution is 4.43. The van der Waals surface area contributed by atoms with Gasteiger partial charge in [0.1, 0.15) is 0 Å². The molecule has 0 aliphatic carbocycles. The predicted molar refractivity (Wildman–Crippen MR) is 93.2 cm³/mol. The van der Waals surface area contributed by atoms with Crippen LogP contribution in [0.2, 0.25) is 0 Å². The lowest BCUT2D eigenvalue weighted by Gasteiger charge is -1.97. The zero-order valence-electron chi connectivity index (χ0n) is 15.2. The summed E-state index contributed by atoms with van der Waals surface area (Å²) in [7, 11) is 11.2. The Labute approximate surface area is 124 Å². The standard InChI is InChI=1S/C10H22.3C2H7N/c1-3-5-7-9-10-8-6-4-2;3*1-3-2/h3-10H2,1-2H3;3*3H,1-2H3.